The summed E-state index contributed by atoms with van der Waals surface area (Å²) in [7, 11) is 1.92. The lowest BCUT2D eigenvalue weighted by Gasteiger charge is -2.33. The highest BCUT2D eigenvalue weighted by Crippen LogP contribution is 2.33. The van der Waals surface area contributed by atoms with Crippen LogP contribution in [0.5, 0.6) is 11.5 Å². The largest absolute Gasteiger partial charge is 0.490 e. The fourth-order valence-corrected chi connectivity index (χ4v) is 4.69. The van der Waals surface area contributed by atoms with Crippen molar-refractivity contribution >= 4 is 28.5 Å². The number of aromatic nitrogens is 1. The number of nitrogens with zero attached hydrogens (tertiary/aromatic N) is 2. The summed E-state index contributed by atoms with van der Waals surface area (Å²) in [6.45, 7) is 2.61. The number of anilines is 1. The second-order valence-electron chi connectivity index (χ2n) is 8.86. The topological polar surface area (TPSA) is 81.0 Å². The first-order valence-corrected chi connectivity index (χ1v) is 11.6. The quantitative estimate of drug-likeness (QED) is 0.425. The maximum Gasteiger partial charge on any atom is 0.307 e. The molecule has 1 atom stereocenters. The van der Waals surface area contributed by atoms with Gasteiger partial charge in [-0.15, -0.1) is 0 Å². The zero-order valence-electron chi connectivity index (χ0n) is 19.9. The highest BCUT2D eigenvalue weighted by molar-refractivity contribution is 6.04. The van der Waals surface area contributed by atoms with Gasteiger partial charge in [-0.05, 0) is 55.0 Å². The van der Waals surface area contributed by atoms with Crippen LogP contribution >= 0.6 is 0 Å². The SMILES string of the molecule is Cc1c(CC(=O)O)c2ccccc2n1C(=O)c1ccc(OC[C@@H]2CN(C)c3ccc(F)cc3O2)cc1. The van der Waals surface area contributed by atoms with Gasteiger partial charge in [0.05, 0.1) is 24.2 Å². The summed E-state index contributed by atoms with van der Waals surface area (Å²) in [4.78, 5) is 26.8. The summed E-state index contributed by atoms with van der Waals surface area (Å²) in [6, 6.07) is 18.6. The van der Waals surface area contributed by atoms with E-state index in [2.05, 4.69) is 0 Å². The fraction of sp³-hybridized carbons (Fsp3) is 0.214. The molecule has 4 aromatic rings. The van der Waals surface area contributed by atoms with Gasteiger partial charge in [0.15, 0.2) is 0 Å². The molecular weight excluding hydrogens is 463 g/mol. The first-order valence-electron chi connectivity index (χ1n) is 11.6. The van der Waals surface area contributed by atoms with Crippen LogP contribution in [0.2, 0.25) is 0 Å². The van der Waals surface area contributed by atoms with E-state index in [0.29, 0.717) is 40.4 Å². The van der Waals surface area contributed by atoms with Crippen molar-refractivity contribution < 1.29 is 28.6 Å². The minimum atomic E-state index is -0.947. The molecule has 184 valence electrons. The van der Waals surface area contributed by atoms with Gasteiger partial charge < -0.3 is 19.5 Å². The lowest BCUT2D eigenvalue weighted by atomic mass is 10.1. The Labute approximate surface area is 207 Å². The molecule has 36 heavy (non-hydrogen) atoms. The average Bonchev–Trinajstić information content (AvgIpc) is 3.13. The summed E-state index contributed by atoms with van der Waals surface area (Å²) in [5, 5.41) is 10.1. The van der Waals surface area contributed by atoms with Crippen molar-refractivity contribution in [3.63, 3.8) is 0 Å². The number of carboxylic acids is 1. The summed E-state index contributed by atoms with van der Waals surface area (Å²) < 4.78 is 27.0. The van der Waals surface area contributed by atoms with Crippen LogP contribution in [0.15, 0.2) is 66.7 Å². The highest BCUT2D eigenvalue weighted by Gasteiger charge is 2.25. The Morgan fingerprint density at radius 1 is 1.11 bits per heavy atom. The second-order valence-corrected chi connectivity index (χ2v) is 8.86. The van der Waals surface area contributed by atoms with Gasteiger partial charge in [-0.3, -0.25) is 14.2 Å². The maximum absolute atomic E-state index is 13.6. The minimum Gasteiger partial charge on any atom is -0.490 e. The Balaban J connectivity index is 1.31. The number of carbonyl (C=O) groups is 2. The molecule has 5 rings (SSSR count). The van der Waals surface area contributed by atoms with E-state index in [1.165, 1.54) is 12.1 Å². The van der Waals surface area contributed by atoms with E-state index in [9.17, 15) is 19.1 Å². The van der Waals surface area contributed by atoms with Crippen molar-refractivity contribution in [2.45, 2.75) is 19.4 Å². The summed E-state index contributed by atoms with van der Waals surface area (Å²) in [6.07, 6.45) is -0.443. The molecule has 0 bridgehead atoms. The van der Waals surface area contributed by atoms with Crippen molar-refractivity contribution in [2.24, 2.45) is 0 Å². The number of carbonyl (C=O) groups excluding carboxylic acids is 1. The number of hydrogen-bond donors (Lipinski definition) is 1. The van der Waals surface area contributed by atoms with E-state index >= 15 is 0 Å². The standard InChI is InChI=1S/C28H25FN2O5/c1-17-23(14-27(32)33)22-5-3-4-6-24(22)31(17)28(34)18-7-10-20(11-8-18)35-16-21-15-30(2)25-12-9-19(29)13-26(25)36-21/h3-13,21H,14-16H2,1-2H3,(H,32,33)/t21-/m0/s1. The van der Waals surface area contributed by atoms with Gasteiger partial charge in [-0.25, -0.2) is 4.39 Å². The average molecular weight is 489 g/mol. The molecule has 0 amide bonds. The number of carboxylic acid groups (broad SMARTS) is 1. The molecule has 7 nitrogen and oxygen atoms in total. The molecular formula is C28H25FN2O5. The number of hydrogen-bond acceptors (Lipinski definition) is 5. The lowest BCUT2D eigenvalue weighted by Crippen LogP contribution is -2.41. The van der Waals surface area contributed by atoms with Crippen molar-refractivity contribution in [1.29, 1.82) is 0 Å². The Morgan fingerprint density at radius 2 is 1.86 bits per heavy atom. The first kappa shape index (κ1) is 23.4. The van der Waals surface area contributed by atoms with Gasteiger partial charge in [0.2, 0.25) is 0 Å². The van der Waals surface area contributed by atoms with Crippen LogP contribution < -0.4 is 14.4 Å². The van der Waals surface area contributed by atoms with Crippen molar-refractivity contribution in [2.75, 3.05) is 25.1 Å². The molecule has 0 spiro atoms. The third-order valence-electron chi connectivity index (χ3n) is 6.41. The van der Waals surface area contributed by atoms with Crippen LogP contribution in [0, 0.1) is 12.7 Å². The van der Waals surface area contributed by atoms with Crippen molar-refractivity contribution in [3.05, 3.63) is 89.4 Å². The molecule has 8 heteroatoms. The molecule has 1 aromatic heterocycles. The second kappa shape index (κ2) is 9.37. The number of aliphatic carboxylic acids is 1. The van der Waals surface area contributed by atoms with Gasteiger partial charge in [-0.2, -0.15) is 0 Å². The van der Waals surface area contributed by atoms with Crippen molar-refractivity contribution in [1.82, 2.24) is 4.57 Å². The predicted molar refractivity (Wildman–Crippen MR) is 134 cm³/mol. The number of ether oxygens (including phenoxy) is 2. The molecule has 1 aliphatic rings. The van der Waals surface area contributed by atoms with Crippen molar-refractivity contribution in [3.8, 4) is 11.5 Å². The van der Waals surface area contributed by atoms with Gasteiger partial charge >= 0.3 is 5.97 Å². The van der Waals surface area contributed by atoms with Crippen LogP contribution in [0.4, 0.5) is 10.1 Å². The molecule has 3 aromatic carbocycles. The summed E-state index contributed by atoms with van der Waals surface area (Å²) in [5.41, 5.74) is 3.19. The van der Waals surface area contributed by atoms with E-state index < -0.39 is 5.97 Å². The third kappa shape index (κ3) is 4.37. The molecule has 0 radical (unpaired) electrons. The third-order valence-corrected chi connectivity index (χ3v) is 6.41. The van der Waals surface area contributed by atoms with Crippen LogP contribution in [-0.2, 0) is 11.2 Å². The van der Waals surface area contributed by atoms with E-state index in [4.69, 9.17) is 9.47 Å². The number of benzene rings is 3. The van der Waals surface area contributed by atoms with E-state index in [1.54, 1.807) is 41.8 Å². The first-order chi connectivity index (χ1) is 17.3. The number of halogens is 1. The minimum absolute atomic E-state index is 0.158. The Hall–Kier alpha value is -4.33. The molecule has 0 unspecified atom stereocenters. The molecule has 0 saturated carbocycles. The van der Waals surface area contributed by atoms with Crippen LogP contribution in [0.3, 0.4) is 0 Å². The van der Waals surface area contributed by atoms with Crippen LogP contribution in [-0.4, -0.2) is 47.9 Å². The molecule has 1 N–H and O–H groups in total. The predicted octanol–water partition coefficient (Wildman–Crippen LogP) is 4.68. The Kier molecular flexibility index (Phi) is 6.10. The zero-order chi connectivity index (χ0) is 25.4. The smallest absolute Gasteiger partial charge is 0.307 e. The van der Waals surface area contributed by atoms with E-state index in [1.807, 2.05) is 36.2 Å². The normalized spacial score (nSPS) is 14.9. The molecule has 0 fully saturated rings. The molecule has 2 heterocycles. The number of fused-ring (bicyclic) bond motifs is 2. The highest BCUT2D eigenvalue weighted by atomic mass is 19.1. The Bertz CT molecular complexity index is 1460. The zero-order valence-corrected chi connectivity index (χ0v) is 19.9. The monoisotopic (exact) mass is 488 g/mol. The number of likely N-dealkylation sites (N-methyl/N-ethyl adjacent to an activating group) is 1. The number of rotatable bonds is 6. The summed E-state index contributed by atoms with van der Waals surface area (Å²) >= 11 is 0. The van der Waals surface area contributed by atoms with Crippen LogP contribution in [0.25, 0.3) is 10.9 Å². The summed E-state index contributed by atoms with van der Waals surface area (Å²) in [5.74, 6) is -0.498. The van der Waals surface area contributed by atoms with Gasteiger partial charge in [0.25, 0.3) is 5.91 Å². The lowest BCUT2D eigenvalue weighted by molar-refractivity contribution is -0.136. The Morgan fingerprint density at radius 3 is 2.61 bits per heavy atom. The molecule has 0 saturated heterocycles. The maximum atomic E-state index is 13.6. The number of para-hydroxylation sites is 1. The van der Waals surface area contributed by atoms with E-state index in [0.717, 1.165) is 11.1 Å². The molecule has 1 aliphatic heterocycles. The van der Waals surface area contributed by atoms with Gasteiger partial charge in [0, 0.05) is 29.8 Å². The van der Waals surface area contributed by atoms with Crippen LogP contribution in [0.1, 0.15) is 21.6 Å². The fourth-order valence-electron chi connectivity index (χ4n) is 4.69. The molecule has 0 aliphatic carbocycles. The van der Waals surface area contributed by atoms with Gasteiger partial charge in [0.1, 0.15) is 30.0 Å². The van der Waals surface area contributed by atoms with E-state index in [-0.39, 0.29) is 30.9 Å². The van der Waals surface area contributed by atoms with Gasteiger partial charge in [-0.1, -0.05) is 18.2 Å².